The highest BCUT2D eigenvalue weighted by Crippen LogP contribution is 2.21. The third-order valence-corrected chi connectivity index (χ3v) is 3.21. The van der Waals surface area contributed by atoms with Crippen LogP contribution in [0.5, 0.6) is 5.88 Å². The zero-order chi connectivity index (χ0) is 13.8. The van der Waals surface area contributed by atoms with Crippen LogP contribution >= 0.6 is 0 Å². The maximum Gasteiger partial charge on any atom is 0.225 e. The number of hydrogen-bond donors (Lipinski definition) is 0. The van der Waals surface area contributed by atoms with Crippen LogP contribution in [0.25, 0.3) is 11.1 Å². The molecule has 0 spiro atoms. The number of hydrogen-bond acceptors (Lipinski definition) is 6. The molecule has 6 nitrogen and oxygen atoms in total. The summed E-state index contributed by atoms with van der Waals surface area (Å²) in [7, 11) is 1.60. The van der Waals surface area contributed by atoms with Crippen LogP contribution in [0.3, 0.4) is 0 Å². The molecule has 2 aromatic rings. The molecule has 20 heavy (non-hydrogen) atoms. The highest BCUT2D eigenvalue weighted by Gasteiger charge is 2.13. The van der Waals surface area contributed by atoms with Crippen LogP contribution in [0.2, 0.25) is 0 Å². The minimum atomic E-state index is 0.583. The van der Waals surface area contributed by atoms with Crippen molar-refractivity contribution in [2.24, 2.45) is 0 Å². The van der Waals surface area contributed by atoms with E-state index in [0.717, 1.165) is 43.4 Å². The second kappa shape index (κ2) is 5.83. The Labute approximate surface area is 117 Å². The number of morpholine rings is 1. The van der Waals surface area contributed by atoms with Gasteiger partial charge in [0, 0.05) is 43.3 Å². The van der Waals surface area contributed by atoms with E-state index in [1.54, 1.807) is 13.3 Å². The Morgan fingerprint density at radius 2 is 1.85 bits per heavy atom. The molecule has 2 aromatic heterocycles. The summed E-state index contributed by atoms with van der Waals surface area (Å²) in [6, 6.07) is 3.78. The molecular weight excluding hydrogens is 256 g/mol. The lowest BCUT2D eigenvalue weighted by Crippen LogP contribution is -2.37. The number of anilines is 1. The number of aromatic nitrogens is 3. The first kappa shape index (κ1) is 12.8. The van der Waals surface area contributed by atoms with Crippen LogP contribution in [0, 0.1) is 0 Å². The number of pyridine rings is 1. The fourth-order valence-electron chi connectivity index (χ4n) is 2.10. The molecule has 0 aliphatic carbocycles. The maximum atomic E-state index is 5.32. The first-order valence-electron chi connectivity index (χ1n) is 6.52. The monoisotopic (exact) mass is 272 g/mol. The third-order valence-electron chi connectivity index (χ3n) is 3.21. The van der Waals surface area contributed by atoms with Crippen LogP contribution in [0.1, 0.15) is 0 Å². The van der Waals surface area contributed by atoms with E-state index in [1.165, 1.54) is 0 Å². The second-order valence-electron chi connectivity index (χ2n) is 4.46. The predicted molar refractivity (Wildman–Crippen MR) is 74.8 cm³/mol. The molecule has 0 radical (unpaired) electrons. The molecule has 1 fully saturated rings. The van der Waals surface area contributed by atoms with Crippen molar-refractivity contribution in [2.75, 3.05) is 38.3 Å². The van der Waals surface area contributed by atoms with Gasteiger partial charge in [-0.15, -0.1) is 0 Å². The van der Waals surface area contributed by atoms with E-state index in [2.05, 4.69) is 19.9 Å². The fourth-order valence-corrected chi connectivity index (χ4v) is 2.10. The SMILES string of the molecule is COc1cc(-c2cnc(N3CCOCC3)nc2)ccn1. The van der Waals surface area contributed by atoms with E-state index in [-0.39, 0.29) is 0 Å². The highest BCUT2D eigenvalue weighted by atomic mass is 16.5. The predicted octanol–water partition coefficient (Wildman–Crippen LogP) is 1.38. The van der Waals surface area contributed by atoms with Crippen molar-refractivity contribution in [1.29, 1.82) is 0 Å². The van der Waals surface area contributed by atoms with E-state index in [4.69, 9.17) is 9.47 Å². The van der Waals surface area contributed by atoms with Gasteiger partial charge in [0.2, 0.25) is 11.8 Å². The van der Waals surface area contributed by atoms with Gasteiger partial charge >= 0.3 is 0 Å². The van der Waals surface area contributed by atoms with Gasteiger partial charge in [0.25, 0.3) is 0 Å². The van der Waals surface area contributed by atoms with E-state index in [0.29, 0.717) is 5.88 Å². The summed E-state index contributed by atoms with van der Waals surface area (Å²) < 4.78 is 10.4. The molecule has 3 heterocycles. The van der Waals surface area contributed by atoms with Crippen molar-refractivity contribution >= 4 is 5.95 Å². The summed E-state index contributed by atoms with van der Waals surface area (Å²) in [5.74, 6) is 1.33. The van der Waals surface area contributed by atoms with Crippen LogP contribution in [-0.4, -0.2) is 48.4 Å². The molecule has 0 bridgehead atoms. The van der Waals surface area contributed by atoms with E-state index >= 15 is 0 Å². The first-order valence-corrected chi connectivity index (χ1v) is 6.52. The van der Waals surface area contributed by atoms with E-state index in [1.807, 2.05) is 24.5 Å². The van der Waals surface area contributed by atoms with Crippen LogP contribution in [0.4, 0.5) is 5.95 Å². The Hall–Kier alpha value is -2.21. The molecular formula is C14H16N4O2. The molecule has 0 atom stereocenters. The van der Waals surface area contributed by atoms with Gasteiger partial charge in [-0.2, -0.15) is 0 Å². The number of nitrogens with zero attached hydrogens (tertiary/aromatic N) is 4. The topological polar surface area (TPSA) is 60.4 Å². The van der Waals surface area contributed by atoms with Gasteiger partial charge in [-0.05, 0) is 11.6 Å². The first-order chi connectivity index (χ1) is 9.86. The van der Waals surface area contributed by atoms with E-state index < -0.39 is 0 Å². The van der Waals surface area contributed by atoms with Gasteiger partial charge in [-0.25, -0.2) is 15.0 Å². The molecule has 3 rings (SSSR count). The number of ether oxygens (including phenoxy) is 2. The Balaban J connectivity index is 1.81. The smallest absolute Gasteiger partial charge is 0.225 e. The van der Waals surface area contributed by atoms with Crippen LogP contribution in [0.15, 0.2) is 30.7 Å². The van der Waals surface area contributed by atoms with Crippen LogP contribution < -0.4 is 9.64 Å². The molecule has 0 amide bonds. The summed E-state index contributed by atoms with van der Waals surface area (Å²) in [4.78, 5) is 15.1. The zero-order valence-electron chi connectivity index (χ0n) is 11.3. The Morgan fingerprint density at radius 3 is 2.55 bits per heavy atom. The molecule has 0 aromatic carbocycles. The Morgan fingerprint density at radius 1 is 1.10 bits per heavy atom. The van der Waals surface area contributed by atoms with Crippen molar-refractivity contribution in [3.8, 4) is 17.0 Å². The number of rotatable bonds is 3. The van der Waals surface area contributed by atoms with Crippen molar-refractivity contribution < 1.29 is 9.47 Å². The van der Waals surface area contributed by atoms with Gasteiger partial charge in [0.05, 0.1) is 20.3 Å². The molecule has 0 unspecified atom stereocenters. The summed E-state index contributed by atoms with van der Waals surface area (Å²) >= 11 is 0. The minimum Gasteiger partial charge on any atom is -0.481 e. The van der Waals surface area contributed by atoms with E-state index in [9.17, 15) is 0 Å². The summed E-state index contributed by atoms with van der Waals surface area (Å²) in [5, 5.41) is 0. The maximum absolute atomic E-state index is 5.32. The third kappa shape index (κ3) is 2.70. The molecule has 1 aliphatic rings. The lowest BCUT2D eigenvalue weighted by molar-refractivity contribution is 0.122. The molecule has 0 saturated carbocycles. The van der Waals surface area contributed by atoms with Crippen molar-refractivity contribution in [3.05, 3.63) is 30.7 Å². The molecule has 1 aliphatic heterocycles. The molecule has 1 saturated heterocycles. The zero-order valence-corrected chi connectivity index (χ0v) is 11.3. The average Bonchev–Trinajstić information content (AvgIpc) is 2.56. The average molecular weight is 272 g/mol. The summed E-state index contributed by atoms with van der Waals surface area (Å²) in [6.07, 6.45) is 5.36. The van der Waals surface area contributed by atoms with Crippen LogP contribution in [-0.2, 0) is 4.74 Å². The van der Waals surface area contributed by atoms with Crippen molar-refractivity contribution in [1.82, 2.24) is 15.0 Å². The summed E-state index contributed by atoms with van der Waals surface area (Å²) in [6.45, 7) is 3.13. The Kier molecular flexibility index (Phi) is 3.73. The van der Waals surface area contributed by atoms with Gasteiger partial charge < -0.3 is 14.4 Å². The standard InChI is InChI=1S/C14H16N4O2/c1-19-13-8-11(2-3-15-13)12-9-16-14(17-10-12)18-4-6-20-7-5-18/h2-3,8-10H,4-7H2,1H3. The van der Waals surface area contributed by atoms with Crippen molar-refractivity contribution in [2.45, 2.75) is 0 Å². The number of methoxy groups -OCH3 is 1. The van der Waals surface area contributed by atoms with Gasteiger partial charge in [0.1, 0.15) is 0 Å². The molecule has 6 heteroatoms. The Bertz CT molecular complexity index is 568. The van der Waals surface area contributed by atoms with Crippen molar-refractivity contribution in [3.63, 3.8) is 0 Å². The summed E-state index contributed by atoms with van der Waals surface area (Å²) in [5.41, 5.74) is 1.94. The lowest BCUT2D eigenvalue weighted by atomic mass is 10.1. The quantitative estimate of drug-likeness (QED) is 0.841. The fraction of sp³-hybridized carbons (Fsp3) is 0.357. The lowest BCUT2D eigenvalue weighted by Gasteiger charge is -2.26. The minimum absolute atomic E-state index is 0.583. The normalized spacial score (nSPS) is 15.2. The largest absolute Gasteiger partial charge is 0.481 e. The molecule has 0 N–H and O–H groups in total. The van der Waals surface area contributed by atoms with Gasteiger partial charge in [0.15, 0.2) is 0 Å². The van der Waals surface area contributed by atoms with Gasteiger partial charge in [-0.3, -0.25) is 0 Å². The molecule has 104 valence electrons. The second-order valence-corrected chi connectivity index (χ2v) is 4.46. The highest BCUT2D eigenvalue weighted by molar-refractivity contribution is 5.62. The van der Waals surface area contributed by atoms with Gasteiger partial charge in [-0.1, -0.05) is 0 Å².